The van der Waals surface area contributed by atoms with Gasteiger partial charge in [-0.25, -0.2) is 0 Å². The largest absolute Gasteiger partial charge is 0.415 e. The highest BCUT2D eigenvalue weighted by Gasteiger charge is 2.07. The summed E-state index contributed by atoms with van der Waals surface area (Å²) < 4.78 is 6.14. The van der Waals surface area contributed by atoms with Crippen LogP contribution in [0.25, 0.3) is 11.1 Å². The Morgan fingerprint density at radius 3 is 2.23 bits per heavy atom. The maximum atomic E-state index is 6.14. The Hall–Kier alpha value is -1.90. The molecule has 1 unspecified atom stereocenters. The molecule has 22 heavy (non-hydrogen) atoms. The summed E-state index contributed by atoms with van der Waals surface area (Å²) in [6.07, 6.45) is 7.14. The van der Waals surface area contributed by atoms with E-state index in [2.05, 4.69) is 61.7 Å². The van der Waals surface area contributed by atoms with Crippen molar-refractivity contribution in [3.63, 3.8) is 0 Å². The van der Waals surface area contributed by atoms with Gasteiger partial charge >= 0.3 is 0 Å². The topological polar surface area (TPSA) is 9.23 Å². The normalized spacial score (nSPS) is 12.4. The second-order valence-corrected chi connectivity index (χ2v) is 6.82. The highest BCUT2D eigenvalue weighted by Crippen LogP contribution is 2.17. The van der Waals surface area contributed by atoms with E-state index in [1.54, 1.807) is 0 Å². The molecular formula is C20H24OSi. The van der Waals surface area contributed by atoms with E-state index in [9.17, 15) is 0 Å². The van der Waals surface area contributed by atoms with Crippen molar-refractivity contribution in [3.05, 3.63) is 79.9 Å². The summed E-state index contributed by atoms with van der Waals surface area (Å²) in [5.41, 5.74) is 2.51. The Labute approximate surface area is 136 Å². The lowest BCUT2D eigenvalue weighted by Crippen LogP contribution is -2.23. The predicted octanol–water partition coefficient (Wildman–Crippen LogP) is 3.99. The zero-order valence-corrected chi connectivity index (χ0v) is 14.5. The second kappa shape index (κ2) is 9.18. The Morgan fingerprint density at radius 2 is 1.59 bits per heavy atom. The number of hydrogen-bond acceptors (Lipinski definition) is 1. The van der Waals surface area contributed by atoms with E-state index < -0.39 is 9.76 Å². The van der Waals surface area contributed by atoms with Crippen molar-refractivity contribution < 1.29 is 4.43 Å². The van der Waals surface area contributed by atoms with E-state index in [-0.39, 0.29) is 6.10 Å². The Balaban J connectivity index is 1.93. The van der Waals surface area contributed by atoms with Crippen molar-refractivity contribution in [2.75, 3.05) is 0 Å². The smallest absolute Gasteiger partial charge is 0.192 e. The van der Waals surface area contributed by atoms with Crippen LogP contribution in [0, 0.1) is 0 Å². The molecule has 1 atom stereocenters. The molecule has 0 aromatic heterocycles. The van der Waals surface area contributed by atoms with Crippen LogP contribution >= 0.6 is 0 Å². The molecule has 0 N–H and O–H groups in total. The monoisotopic (exact) mass is 308 g/mol. The van der Waals surface area contributed by atoms with E-state index in [0.29, 0.717) is 0 Å². The van der Waals surface area contributed by atoms with E-state index >= 15 is 0 Å². The zero-order valence-electron chi connectivity index (χ0n) is 13.1. The minimum absolute atomic E-state index is 0.288. The second-order valence-electron chi connectivity index (χ2n) is 5.39. The number of benzene rings is 2. The van der Waals surface area contributed by atoms with Crippen LogP contribution in [0.15, 0.2) is 79.9 Å². The van der Waals surface area contributed by atoms with Gasteiger partial charge in [0.15, 0.2) is 9.76 Å². The van der Waals surface area contributed by atoms with E-state index in [0.717, 1.165) is 19.3 Å². The number of allylic oxidation sites excluding steroid dienone is 1. The van der Waals surface area contributed by atoms with E-state index in [1.165, 1.54) is 16.3 Å². The van der Waals surface area contributed by atoms with Crippen molar-refractivity contribution in [1.82, 2.24) is 0 Å². The molecule has 0 amide bonds. The van der Waals surface area contributed by atoms with Crippen LogP contribution in [0.2, 0.25) is 0 Å². The molecule has 114 valence electrons. The molecule has 0 saturated carbocycles. The fraction of sp³-hybridized carbons (Fsp3) is 0.200. The average molecular weight is 308 g/mol. The van der Waals surface area contributed by atoms with Crippen molar-refractivity contribution >= 4 is 14.9 Å². The molecule has 0 fully saturated rings. The quantitative estimate of drug-likeness (QED) is 0.503. The lowest BCUT2D eigenvalue weighted by atomic mass is 10.1. The maximum Gasteiger partial charge on any atom is 0.192 e. The number of hydrogen-bond donors (Lipinski definition) is 0. The average Bonchev–Trinajstić information content (AvgIpc) is 2.58. The van der Waals surface area contributed by atoms with Gasteiger partial charge in [0, 0.05) is 6.10 Å². The molecule has 2 heteroatoms. The van der Waals surface area contributed by atoms with Gasteiger partial charge in [-0.05, 0) is 35.6 Å². The SMILES string of the molecule is C=CCCC(CC=C)O[SiH2]c1ccc(-c2ccccc2)cc1. The molecule has 0 heterocycles. The van der Waals surface area contributed by atoms with Crippen LogP contribution in [0.4, 0.5) is 0 Å². The molecule has 0 saturated heterocycles. The lowest BCUT2D eigenvalue weighted by molar-refractivity contribution is 0.209. The lowest BCUT2D eigenvalue weighted by Gasteiger charge is -2.16. The third kappa shape index (κ3) is 5.13. The standard InChI is InChI=1S/C20H24OSi/c1-3-5-12-19(9-4-2)21-22-20-15-13-18(14-16-20)17-10-7-6-8-11-17/h3-4,6-8,10-11,13-16,19H,1-2,5,9,12,22H2. The van der Waals surface area contributed by atoms with Crippen LogP contribution in [0.3, 0.4) is 0 Å². The minimum Gasteiger partial charge on any atom is -0.415 e. The van der Waals surface area contributed by atoms with Gasteiger partial charge in [0.1, 0.15) is 0 Å². The Kier molecular flexibility index (Phi) is 6.87. The molecule has 2 aromatic rings. The van der Waals surface area contributed by atoms with Gasteiger partial charge in [-0.2, -0.15) is 0 Å². The van der Waals surface area contributed by atoms with Gasteiger partial charge < -0.3 is 4.43 Å². The molecular weight excluding hydrogens is 284 g/mol. The molecule has 0 bridgehead atoms. The molecule has 0 aliphatic carbocycles. The molecule has 0 radical (unpaired) electrons. The summed E-state index contributed by atoms with van der Waals surface area (Å²) >= 11 is 0. The van der Waals surface area contributed by atoms with Crippen molar-refractivity contribution in [3.8, 4) is 11.1 Å². The Morgan fingerprint density at radius 1 is 0.909 bits per heavy atom. The van der Waals surface area contributed by atoms with Gasteiger partial charge in [-0.3, -0.25) is 0 Å². The summed E-state index contributed by atoms with van der Waals surface area (Å²) in [7, 11) is -0.685. The van der Waals surface area contributed by atoms with Gasteiger partial charge in [0.2, 0.25) is 0 Å². The van der Waals surface area contributed by atoms with Crippen LogP contribution in [0.1, 0.15) is 19.3 Å². The zero-order chi connectivity index (χ0) is 15.6. The molecule has 1 nitrogen and oxygen atoms in total. The first-order chi connectivity index (χ1) is 10.8. The van der Waals surface area contributed by atoms with E-state index in [1.807, 2.05) is 18.2 Å². The van der Waals surface area contributed by atoms with Crippen LogP contribution < -0.4 is 5.19 Å². The van der Waals surface area contributed by atoms with E-state index in [4.69, 9.17) is 4.43 Å². The molecule has 2 aromatic carbocycles. The summed E-state index contributed by atoms with van der Waals surface area (Å²) in [5, 5.41) is 1.34. The highest BCUT2D eigenvalue weighted by atomic mass is 28.2. The first-order valence-electron chi connectivity index (χ1n) is 7.81. The van der Waals surface area contributed by atoms with Crippen molar-refractivity contribution in [1.29, 1.82) is 0 Å². The molecule has 0 spiro atoms. The summed E-state index contributed by atoms with van der Waals surface area (Å²) in [6, 6.07) is 19.2. The summed E-state index contributed by atoms with van der Waals surface area (Å²) in [5.74, 6) is 0. The van der Waals surface area contributed by atoms with Crippen molar-refractivity contribution in [2.45, 2.75) is 25.4 Å². The fourth-order valence-electron chi connectivity index (χ4n) is 2.40. The van der Waals surface area contributed by atoms with Crippen LogP contribution in [0.5, 0.6) is 0 Å². The van der Waals surface area contributed by atoms with Crippen molar-refractivity contribution in [2.24, 2.45) is 0 Å². The third-order valence-electron chi connectivity index (χ3n) is 3.67. The van der Waals surface area contributed by atoms with Crippen LogP contribution in [-0.4, -0.2) is 15.9 Å². The first-order valence-corrected chi connectivity index (χ1v) is 9.09. The Bertz CT molecular complexity index is 574. The summed E-state index contributed by atoms with van der Waals surface area (Å²) in [6.45, 7) is 7.60. The highest BCUT2D eigenvalue weighted by molar-refractivity contribution is 6.46. The third-order valence-corrected chi connectivity index (χ3v) is 5.11. The predicted molar refractivity (Wildman–Crippen MR) is 99.2 cm³/mol. The maximum absolute atomic E-state index is 6.14. The van der Waals surface area contributed by atoms with Crippen LogP contribution in [-0.2, 0) is 4.43 Å². The van der Waals surface area contributed by atoms with Gasteiger partial charge in [-0.15, -0.1) is 13.2 Å². The minimum atomic E-state index is -0.685. The van der Waals surface area contributed by atoms with Gasteiger partial charge in [0.25, 0.3) is 0 Å². The number of rotatable bonds is 9. The fourth-order valence-corrected chi connectivity index (χ4v) is 3.56. The first kappa shape index (κ1) is 16.5. The molecule has 0 aliphatic heterocycles. The molecule has 2 rings (SSSR count). The van der Waals surface area contributed by atoms with Gasteiger partial charge in [-0.1, -0.05) is 66.7 Å². The van der Waals surface area contributed by atoms with Gasteiger partial charge in [0.05, 0.1) is 0 Å². The molecule has 0 aliphatic rings. The summed E-state index contributed by atoms with van der Waals surface area (Å²) in [4.78, 5) is 0.